The van der Waals surface area contributed by atoms with Gasteiger partial charge in [-0.25, -0.2) is 4.98 Å². The third kappa shape index (κ3) is 4.60. The van der Waals surface area contributed by atoms with Gasteiger partial charge in [-0.3, -0.25) is 14.9 Å². The maximum atomic E-state index is 12.4. The van der Waals surface area contributed by atoms with E-state index in [0.29, 0.717) is 30.6 Å². The summed E-state index contributed by atoms with van der Waals surface area (Å²) < 4.78 is 0.726. The molecular weight excluding hydrogens is 374 g/mol. The third-order valence-corrected chi connectivity index (χ3v) is 6.37. The highest BCUT2D eigenvalue weighted by Gasteiger charge is 2.23. The van der Waals surface area contributed by atoms with Gasteiger partial charge in [-0.15, -0.1) is 11.3 Å². The van der Waals surface area contributed by atoms with E-state index in [9.17, 15) is 20.0 Å². The van der Waals surface area contributed by atoms with Gasteiger partial charge in [-0.05, 0) is 44.7 Å². The molecule has 0 saturated heterocycles. The maximum absolute atomic E-state index is 12.4. The number of nitrogens with zero attached hydrogens (tertiary/aromatic N) is 2. The molecule has 26 heavy (non-hydrogen) atoms. The van der Waals surface area contributed by atoms with Crippen molar-refractivity contribution in [2.45, 2.75) is 54.0 Å². The molecule has 138 valence electrons. The highest BCUT2D eigenvalue weighted by molar-refractivity contribution is 8.01. The molecule has 0 aliphatic heterocycles. The average Bonchev–Trinajstić information content (AvgIpc) is 3.02. The Kier molecular flexibility index (Phi) is 5.90. The molecule has 1 amide bonds. The summed E-state index contributed by atoms with van der Waals surface area (Å²) in [6.45, 7) is 1.87. The van der Waals surface area contributed by atoms with Gasteiger partial charge in [0.15, 0.2) is 4.34 Å². The zero-order valence-corrected chi connectivity index (χ0v) is 15.8. The van der Waals surface area contributed by atoms with Crippen molar-refractivity contribution in [1.29, 1.82) is 0 Å². The molecule has 2 aromatic rings. The Morgan fingerprint density at radius 1 is 1.38 bits per heavy atom. The number of nitrogens with one attached hydrogen (secondary N) is 1. The largest absolute Gasteiger partial charge is 0.393 e. The zero-order valence-electron chi connectivity index (χ0n) is 14.2. The number of amides is 1. The van der Waals surface area contributed by atoms with Crippen molar-refractivity contribution in [2.75, 3.05) is 0 Å². The number of rotatable bonds is 5. The van der Waals surface area contributed by atoms with E-state index in [1.807, 2.05) is 12.3 Å². The zero-order chi connectivity index (χ0) is 18.7. The number of aliphatic hydroxyl groups excluding tert-OH is 1. The Morgan fingerprint density at radius 3 is 2.73 bits per heavy atom. The fraction of sp³-hybridized carbons (Fsp3) is 0.412. The predicted molar refractivity (Wildman–Crippen MR) is 99.8 cm³/mol. The number of carbonyl (C=O) groups excluding carboxylic acids is 1. The molecule has 1 aliphatic carbocycles. The highest BCUT2D eigenvalue weighted by Crippen LogP contribution is 2.36. The first kappa shape index (κ1) is 18.8. The monoisotopic (exact) mass is 393 g/mol. The Bertz CT molecular complexity index is 816. The fourth-order valence-electron chi connectivity index (χ4n) is 2.85. The van der Waals surface area contributed by atoms with Crippen LogP contribution in [0.2, 0.25) is 0 Å². The van der Waals surface area contributed by atoms with E-state index in [1.165, 1.54) is 29.2 Å². The molecule has 0 radical (unpaired) electrons. The van der Waals surface area contributed by atoms with Crippen LogP contribution in [0.5, 0.6) is 0 Å². The Labute approximate surface area is 159 Å². The molecule has 9 heteroatoms. The van der Waals surface area contributed by atoms with Crippen LogP contribution in [0.4, 0.5) is 5.69 Å². The SMILES string of the molecule is Cc1csc(Sc2ccc(C(=O)NC3CCC(O)CC3)cc2[N+](=O)[O-])n1. The van der Waals surface area contributed by atoms with Crippen LogP contribution in [0, 0.1) is 17.0 Å². The van der Waals surface area contributed by atoms with Crippen LogP contribution in [-0.4, -0.2) is 33.1 Å². The van der Waals surface area contributed by atoms with Gasteiger partial charge in [-0.1, -0.05) is 11.8 Å². The smallest absolute Gasteiger partial charge is 0.284 e. The number of nitro groups is 1. The normalized spacial score (nSPS) is 19.9. The van der Waals surface area contributed by atoms with Gasteiger partial charge in [-0.2, -0.15) is 0 Å². The van der Waals surface area contributed by atoms with Crippen molar-refractivity contribution >= 4 is 34.7 Å². The molecule has 0 atom stereocenters. The second kappa shape index (κ2) is 8.15. The summed E-state index contributed by atoms with van der Waals surface area (Å²) in [6, 6.07) is 4.51. The number of aromatic nitrogens is 1. The number of thiazole rings is 1. The minimum Gasteiger partial charge on any atom is -0.393 e. The number of hydrogen-bond acceptors (Lipinski definition) is 7. The number of nitro benzene ring substituents is 1. The van der Waals surface area contributed by atoms with Gasteiger partial charge >= 0.3 is 0 Å². The van der Waals surface area contributed by atoms with Gasteiger partial charge in [0, 0.05) is 28.7 Å². The van der Waals surface area contributed by atoms with Crippen molar-refractivity contribution in [3.05, 3.63) is 45.0 Å². The van der Waals surface area contributed by atoms with Crippen molar-refractivity contribution in [1.82, 2.24) is 10.3 Å². The predicted octanol–water partition coefficient (Wildman–Crippen LogP) is 3.54. The molecule has 1 aliphatic rings. The molecule has 1 saturated carbocycles. The lowest BCUT2D eigenvalue weighted by Gasteiger charge is -2.26. The molecule has 3 rings (SSSR count). The van der Waals surface area contributed by atoms with Crippen molar-refractivity contribution in [3.8, 4) is 0 Å². The molecule has 0 spiro atoms. The van der Waals surface area contributed by atoms with Crippen LogP contribution in [0.3, 0.4) is 0 Å². The summed E-state index contributed by atoms with van der Waals surface area (Å²) in [4.78, 5) is 28.2. The minimum atomic E-state index is -0.476. The summed E-state index contributed by atoms with van der Waals surface area (Å²) >= 11 is 2.65. The second-order valence-electron chi connectivity index (χ2n) is 6.28. The first-order chi connectivity index (χ1) is 12.4. The molecule has 2 N–H and O–H groups in total. The summed E-state index contributed by atoms with van der Waals surface area (Å²) in [7, 11) is 0. The number of aliphatic hydroxyl groups is 1. The molecule has 0 bridgehead atoms. The van der Waals surface area contributed by atoms with Crippen LogP contribution < -0.4 is 5.32 Å². The van der Waals surface area contributed by atoms with Crippen molar-refractivity contribution in [2.24, 2.45) is 0 Å². The van der Waals surface area contributed by atoms with E-state index in [2.05, 4.69) is 10.3 Å². The van der Waals surface area contributed by atoms with Crippen LogP contribution in [0.1, 0.15) is 41.7 Å². The van der Waals surface area contributed by atoms with E-state index in [-0.39, 0.29) is 29.3 Å². The van der Waals surface area contributed by atoms with E-state index in [0.717, 1.165) is 10.0 Å². The lowest BCUT2D eigenvalue weighted by molar-refractivity contribution is -0.387. The van der Waals surface area contributed by atoms with Crippen LogP contribution in [0.15, 0.2) is 32.8 Å². The van der Waals surface area contributed by atoms with E-state index < -0.39 is 4.92 Å². The molecule has 1 aromatic carbocycles. The van der Waals surface area contributed by atoms with Crippen LogP contribution in [0.25, 0.3) is 0 Å². The molecule has 0 unspecified atom stereocenters. The number of carbonyl (C=O) groups is 1. The van der Waals surface area contributed by atoms with Gasteiger partial charge < -0.3 is 10.4 Å². The Morgan fingerprint density at radius 2 is 2.12 bits per heavy atom. The molecule has 7 nitrogen and oxygen atoms in total. The Hall–Kier alpha value is -1.97. The van der Waals surface area contributed by atoms with Crippen molar-refractivity contribution < 1.29 is 14.8 Å². The van der Waals surface area contributed by atoms with E-state index >= 15 is 0 Å². The first-order valence-corrected chi connectivity index (χ1v) is 9.99. The number of hydrogen-bond donors (Lipinski definition) is 2. The Balaban J connectivity index is 1.75. The lowest BCUT2D eigenvalue weighted by atomic mass is 9.93. The molecule has 1 heterocycles. The van der Waals surface area contributed by atoms with Gasteiger partial charge in [0.2, 0.25) is 0 Å². The number of aryl methyl sites for hydroxylation is 1. The fourth-order valence-corrected chi connectivity index (χ4v) is 4.73. The summed E-state index contributed by atoms with van der Waals surface area (Å²) in [5.74, 6) is -0.323. The first-order valence-electron chi connectivity index (χ1n) is 8.29. The number of benzene rings is 1. The highest BCUT2D eigenvalue weighted by atomic mass is 32.2. The minimum absolute atomic E-state index is 0.00250. The molecular formula is C17H19N3O4S2. The maximum Gasteiger partial charge on any atom is 0.284 e. The summed E-state index contributed by atoms with van der Waals surface area (Å²) in [5, 5.41) is 25.8. The quantitative estimate of drug-likeness (QED) is 0.594. The molecule has 1 aromatic heterocycles. The van der Waals surface area contributed by atoms with Gasteiger partial charge in [0.05, 0.1) is 15.9 Å². The van der Waals surface area contributed by atoms with E-state index in [1.54, 1.807) is 12.1 Å². The second-order valence-corrected chi connectivity index (χ2v) is 8.42. The van der Waals surface area contributed by atoms with Gasteiger partial charge in [0.25, 0.3) is 11.6 Å². The van der Waals surface area contributed by atoms with Crippen molar-refractivity contribution in [3.63, 3.8) is 0 Å². The summed E-state index contributed by atoms with van der Waals surface area (Å²) in [5.41, 5.74) is 1.03. The summed E-state index contributed by atoms with van der Waals surface area (Å²) in [6.07, 6.45) is 2.45. The standard InChI is InChI=1S/C17H19N3O4S2/c1-10-9-25-17(18-10)26-15-7-2-11(8-14(15)20(23)24)16(22)19-12-3-5-13(21)6-4-12/h2,7-9,12-13,21H,3-6H2,1H3,(H,19,22). The third-order valence-electron chi connectivity index (χ3n) is 4.24. The van der Waals surface area contributed by atoms with E-state index in [4.69, 9.17) is 0 Å². The molecule has 1 fully saturated rings. The average molecular weight is 393 g/mol. The van der Waals surface area contributed by atoms with Crippen LogP contribution in [-0.2, 0) is 0 Å². The van der Waals surface area contributed by atoms with Gasteiger partial charge in [0.1, 0.15) is 0 Å². The topological polar surface area (TPSA) is 105 Å². The van der Waals surface area contributed by atoms with Crippen LogP contribution >= 0.6 is 23.1 Å². The lowest BCUT2D eigenvalue weighted by Crippen LogP contribution is -2.38.